The lowest BCUT2D eigenvalue weighted by Crippen LogP contribution is -2.48. The van der Waals surface area contributed by atoms with Crippen LogP contribution in [-0.2, 0) is 11.8 Å². The zero-order valence-electron chi connectivity index (χ0n) is 12.6. The van der Waals surface area contributed by atoms with Gasteiger partial charge in [-0.1, -0.05) is 5.21 Å². The van der Waals surface area contributed by atoms with Crippen LogP contribution in [0.5, 0.6) is 0 Å². The average Bonchev–Trinajstić information content (AvgIpc) is 2.87. The molecule has 3 rings (SSSR count). The lowest BCUT2D eigenvalue weighted by molar-refractivity contribution is -0.150. The zero-order valence-corrected chi connectivity index (χ0v) is 12.6. The van der Waals surface area contributed by atoms with Crippen molar-refractivity contribution in [3.63, 3.8) is 0 Å². The van der Waals surface area contributed by atoms with Gasteiger partial charge in [-0.2, -0.15) is 0 Å². The number of benzene rings is 1. The van der Waals surface area contributed by atoms with Gasteiger partial charge in [-0.25, -0.2) is 4.68 Å². The number of hydrogen-bond acceptors (Lipinski definition) is 4. The normalized spacial score (nSPS) is 22.0. The zero-order chi connectivity index (χ0) is 15.9. The van der Waals surface area contributed by atoms with Crippen molar-refractivity contribution in [3.05, 3.63) is 23.8 Å². The molecule has 1 aromatic carbocycles. The van der Waals surface area contributed by atoms with Gasteiger partial charge >= 0.3 is 5.97 Å². The molecule has 0 radical (unpaired) electrons. The summed E-state index contributed by atoms with van der Waals surface area (Å²) in [5, 5.41) is 17.3. The van der Waals surface area contributed by atoms with Crippen LogP contribution in [0.2, 0.25) is 0 Å². The first kappa shape index (κ1) is 14.5. The summed E-state index contributed by atoms with van der Waals surface area (Å²) in [4.78, 5) is 25.7. The van der Waals surface area contributed by atoms with Crippen molar-refractivity contribution >= 4 is 22.9 Å². The van der Waals surface area contributed by atoms with Crippen molar-refractivity contribution in [3.8, 4) is 0 Å². The second-order valence-electron chi connectivity index (χ2n) is 6.11. The highest BCUT2D eigenvalue weighted by Crippen LogP contribution is 2.30. The molecule has 2 heterocycles. The number of nitrogens with zero attached hydrogens (tertiary/aromatic N) is 4. The average molecular weight is 302 g/mol. The van der Waals surface area contributed by atoms with Crippen LogP contribution >= 0.6 is 0 Å². The Morgan fingerprint density at radius 2 is 2.14 bits per heavy atom. The standard InChI is InChI=1S/C15H18N4O3/c1-15(14(21)22)6-3-7-19(9-15)13(20)10-4-5-12-11(8-10)16-17-18(12)2/h4-5,8H,3,6-7,9H2,1-2H3,(H,21,22). The minimum atomic E-state index is -0.870. The highest BCUT2D eigenvalue weighted by molar-refractivity contribution is 5.97. The molecule has 22 heavy (non-hydrogen) atoms. The Kier molecular flexibility index (Phi) is 3.35. The van der Waals surface area contributed by atoms with E-state index in [4.69, 9.17) is 0 Å². The number of aliphatic carboxylic acids is 1. The number of likely N-dealkylation sites (tertiary alicyclic amines) is 1. The quantitative estimate of drug-likeness (QED) is 0.903. The number of carboxylic acid groups (broad SMARTS) is 1. The number of piperidine rings is 1. The van der Waals surface area contributed by atoms with Gasteiger partial charge in [0.05, 0.1) is 10.9 Å². The molecule has 7 heteroatoms. The SMILES string of the molecule is Cn1nnc2cc(C(=O)N3CCCC(C)(C(=O)O)C3)ccc21. The van der Waals surface area contributed by atoms with Crippen LogP contribution in [0.25, 0.3) is 11.0 Å². The van der Waals surface area contributed by atoms with Gasteiger partial charge in [0.1, 0.15) is 5.52 Å². The van der Waals surface area contributed by atoms with Gasteiger partial charge in [-0.3, -0.25) is 9.59 Å². The number of carbonyl (C=O) groups is 2. The minimum absolute atomic E-state index is 0.153. The number of carboxylic acids is 1. The molecule has 1 aromatic heterocycles. The number of aromatic nitrogens is 3. The number of amides is 1. The van der Waals surface area contributed by atoms with Crippen molar-refractivity contribution < 1.29 is 14.7 Å². The lowest BCUT2D eigenvalue weighted by atomic mass is 9.82. The molecule has 0 aliphatic carbocycles. The maximum atomic E-state index is 12.6. The van der Waals surface area contributed by atoms with E-state index in [-0.39, 0.29) is 12.5 Å². The van der Waals surface area contributed by atoms with E-state index < -0.39 is 11.4 Å². The second-order valence-corrected chi connectivity index (χ2v) is 6.11. The Labute approximate surface area is 127 Å². The highest BCUT2D eigenvalue weighted by Gasteiger charge is 2.39. The maximum absolute atomic E-state index is 12.6. The van der Waals surface area contributed by atoms with Crippen LogP contribution in [-0.4, -0.2) is 50.0 Å². The van der Waals surface area contributed by atoms with Crippen molar-refractivity contribution in [2.45, 2.75) is 19.8 Å². The monoisotopic (exact) mass is 302 g/mol. The molecule has 1 aliphatic rings. The summed E-state index contributed by atoms with van der Waals surface area (Å²) in [7, 11) is 1.79. The summed E-state index contributed by atoms with van der Waals surface area (Å²) < 4.78 is 1.64. The summed E-state index contributed by atoms with van der Waals surface area (Å²) in [6.07, 6.45) is 1.29. The number of hydrogen-bond donors (Lipinski definition) is 1. The third kappa shape index (κ3) is 2.32. The van der Waals surface area contributed by atoms with Crippen molar-refractivity contribution in [1.82, 2.24) is 19.9 Å². The van der Waals surface area contributed by atoms with Crippen LogP contribution in [0.4, 0.5) is 0 Å². The van der Waals surface area contributed by atoms with Gasteiger partial charge in [-0.05, 0) is 38.0 Å². The molecule has 1 aliphatic heterocycles. The first-order valence-corrected chi connectivity index (χ1v) is 7.23. The van der Waals surface area contributed by atoms with E-state index in [2.05, 4.69) is 10.3 Å². The Balaban J connectivity index is 1.87. The van der Waals surface area contributed by atoms with Crippen molar-refractivity contribution in [2.75, 3.05) is 13.1 Å². The fourth-order valence-corrected chi connectivity index (χ4v) is 2.94. The van der Waals surface area contributed by atoms with E-state index in [0.29, 0.717) is 30.5 Å². The molecule has 1 saturated heterocycles. The van der Waals surface area contributed by atoms with Gasteiger partial charge in [0, 0.05) is 25.7 Å². The topological polar surface area (TPSA) is 88.3 Å². The molecule has 1 unspecified atom stereocenters. The van der Waals surface area contributed by atoms with E-state index in [1.165, 1.54) is 0 Å². The summed E-state index contributed by atoms with van der Waals surface area (Å²) in [5.74, 6) is -1.01. The fourth-order valence-electron chi connectivity index (χ4n) is 2.94. The summed E-state index contributed by atoms with van der Waals surface area (Å²) >= 11 is 0. The van der Waals surface area contributed by atoms with Gasteiger partial charge in [0.2, 0.25) is 0 Å². The molecule has 1 fully saturated rings. The van der Waals surface area contributed by atoms with E-state index >= 15 is 0 Å². The predicted molar refractivity (Wildman–Crippen MR) is 79.4 cm³/mol. The first-order valence-electron chi connectivity index (χ1n) is 7.23. The molecule has 1 amide bonds. The Morgan fingerprint density at radius 3 is 2.86 bits per heavy atom. The minimum Gasteiger partial charge on any atom is -0.481 e. The van der Waals surface area contributed by atoms with Crippen LogP contribution in [0.3, 0.4) is 0 Å². The molecule has 116 valence electrons. The van der Waals surface area contributed by atoms with E-state index in [9.17, 15) is 14.7 Å². The fraction of sp³-hybridized carbons (Fsp3) is 0.467. The molecule has 0 saturated carbocycles. The van der Waals surface area contributed by atoms with Gasteiger partial charge < -0.3 is 10.0 Å². The van der Waals surface area contributed by atoms with Crippen molar-refractivity contribution in [1.29, 1.82) is 0 Å². The Hall–Kier alpha value is -2.44. The third-order valence-electron chi connectivity index (χ3n) is 4.36. The number of fused-ring (bicyclic) bond motifs is 1. The lowest BCUT2D eigenvalue weighted by Gasteiger charge is -2.37. The molecule has 2 aromatic rings. The number of aryl methyl sites for hydroxylation is 1. The van der Waals surface area contributed by atoms with E-state index in [0.717, 1.165) is 5.52 Å². The summed E-state index contributed by atoms with van der Waals surface area (Å²) in [6, 6.07) is 5.25. The maximum Gasteiger partial charge on any atom is 0.311 e. The molecule has 0 bridgehead atoms. The second kappa shape index (κ2) is 5.08. The van der Waals surface area contributed by atoms with E-state index in [1.54, 1.807) is 35.7 Å². The van der Waals surface area contributed by atoms with Crippen LogP contribution in [0.15, 0.2) is 18.2 Å². The van der Waals surface area contributed by atoms with E-state index in [1.807, 2.05) is 6.07 Å². The molecule has 0 spiro atoms. The van der Waals surface area contributed by atoms with Crippen LogP contribution in [0, 0.1) is 5.41 Å². The number of carbonyl (C=O) groups excluding carboxylic acids is 1. The summed E-state index contributed by atoms with van der Waals surface area (Å²) in [5.41, 5.74) is 1.16. The third-order valence-corrected chi connectivity index (χ3v) is 4.36. The largest absolute Gasteiger partial charge is 0.481 e. The highest BCUT2D eigenvalue weighted by atomic mass is 16.4. The Morgan fingerprint density at radius 1 is 1.36 bits per heavy atom. The van der Waals surface area contributed by atoms with Crippen LogP contribution < -0.4 is 0 Å². The number of rotatable bonds is 2. The van der Waals surface area contributed by atoms with Gasteiger partial charge in [0.25, 0.3) is 5.91 Å². The van der Waals surface area contributed by atoms with Gasteiger partial charge in [0.15, 0.2) is 0 Å². The van der Waals surface area contributed by atoms with Gasteiger partial charge in [-0.15, -0.1) is 5.10 Å². The predicted octanol–water partition coefficient (Wildman–Crippen LogP) is 1.30. The van der Waals surface area contributed by atoms with Crippen LogP contribution in [0.1, 0.15) is 30.1 Å². The molecule has 1 atom stereocenters. The molecule has 1 N–H and O–H groups in total. The first-order chi connectivity index (χ1) is 10.4. The Bertz CT molecular complexity index is 754. The smallest absolute Gasteiger partial charge is 0.311 e. The molecule has 7 nitrogen and oxygen atoms in total. The van der Waals surface area contributed by atoms with Crippen molar-refractivity contribution in [2.24, 2.45) is 12.5 Å². The molecular formula is C15H18N4O3. The molecular weight excluding hydrogens is 284 g/mol. The summed E-state index contributed by atoms with van der Waals surface area (Å²) in [6.45, 7) is 2.51.